The predicted molar refractivity (Wildman–Crippen MR) is 164 cm³/mol. The van der Waals surface area contributed by atoms with Crippen LogP contribution in [-0.4, -0.2) is 89.2 Å². The summed E-state index contributed by atoms with van der Waals surface area (Å²) in [7, 11) is 0. The van der Waals surface area contributed by atoms with Crippen molar-refractivity contribution in [1.29, 1.82) is 0 Å². The highest BCUT2D eigenvalue weighted by Gasteiger charge is 2.31. The van der Waals surface area contributed by atoms with E-state index in [1.54, 1.807) is 6.07 Å². The second-order valence-electron chi connectivity index (χ2n) is 12.8. The zero-order valence-electron chi connectivity index (χ0n) is 26.6. The molecule has 1 unspecified atom stereocenters. The average molecular weight is 597 g/mol. The van der Waals surface area contributed by atoms with Gasteiger partial charge in [-0.3, -0.25) is 19.4 Å². The Labute approximate surface area is 256 Å². The van der Waals surface area contributed by atoms with E-state index >= 15 is 0 Å². The molecule has 2 heterocycles. The first-order chi connectivity index (χ1) is 20.3. The Bertz CT molecular complexity index is 1190. The van der Waals surface area contributed by atoms with E-state index in [0.29, 0.717) is 39.1 Å². The number of nitrogens with one attached hydrogen (secondary N) is 1. The highest BCUT2D eigenvalue weighted by atomic mass is 16.6. The van der Waals surface area contributed by atoms with Gasteiger partial charge in [0, 0.05) is 52.2 Å². The molecule has 1 aliphatic heterocycles. The fourth-order valence-electron chi connectivity index (χ4n) is 4.67. The summed E-state index contributed by atoms with van der Waals surface area (Å²) in [4.78, 5) is 47.5. The Hall–Kier alpha value is -3.34. The maximum absolute atomic E-state index is 13.4. The van der Waals surface area contributed by atoms with E-state index in [9.17, 15) is 14.4 Å². The molecule has 2 aromatic rings. The van der Waals surface area contributed by atoms with Crippen molar-refractivity contribution in [3.8, 4) is 0 Å². The van der Waals surface area contributed by atoms with Gasteiger partial charge in [-0.15, -0.1) is 0 Å². The predicted octanol–water partition coefficient (Wildman–Crippen LogP) is 3.98. The van der Waals surface area contributed by atoms with Gasteiger partial charge in [-0.25, -0.2) is 9.78 Å². The largest absolute Gasteiger partial charge is 0.461 e. The molecule has 1 N–H and O–H groups in total. The van der Waals surface area contributed by atoms with E-state index in [1.807, 2.05) is 84.0 Å². The molecule has 1 fully saturated rings. The minimum atomic E-state index is -0.655. The third-order valence-electron chi connectivity index (χ3n) is 6.67. The summed E-state index contributed by atoms with van der Waals surface area (Å²) < 4.78 is 16.8. The molecule has 3 rings (SSSR count). The lowest BCUT2D eigenvalue weighted by atomic mass is 10.1. The molecule has 0 aliphatic carbocycles. The van der Waals surface area contributed by atoms with Crippen LogP contribution >= 0.6 is 0 Å². The number of aromatic nitrogens is 1. The molecule has 43 heavy (non-hydrogen) atoms. The number of hydrogen-bond acceptors (Lipinski definition) is 10. The Kier molecular flexibility index (Phi) is 12.7. The molecule has 1 aromatic heterocycles. The molecule has 0 bridgehead atoms. The summed E-state index contributed by atoms with van der Waals surface area (Å²) in [6.45, 7) is 15.9. The molecule has 0 saturated carbocycles. The molecule has 0 amide bonds. The highest BCUT2D eigenvalue weighted by molar-refractivity contribution is 5.87. The maximum Gasteiger partial charge on any atom is 0.357 e. The number of nitrogens with zero attached hydrogens (tertiary/aromatic N) is 3. The summed E-state index contributed by atoms with van der Waals surface area (Å²) in [5, 5.41) is 3.45. The first-order valence-corrected chi connectivity index (χ1v) is 15.1. The van der Waals surface area contributed by atoms with E-state index in [0.717, 1.165) is 24.3 Å². The van der Waals surface area contributed by atoms with Crippen LogP contribution in [0.2, 0.25) is 0 Å². The van der Waals surface area contributed by atoms with Crippen molar-refractivity contribution in [2.24, 2.45) is 0 Å². The van der Waals surface area contributed by atoms with Crippen LogP contribution in [-0.2, 0) is 37.0 Å². The van der Waals surface area contributed by atoms with Gasteiger partial charge in [0.15, 0.2) is 0 Å². The standard InChI is InChI=1S/C33H48N4O6/c1-32(2,3)42-30(39)27-14-10-13-26(35-27)23-36-19-17-34-18-20-37(22-21-36)28(31(40)43-33(4,5)6)15-16-29(38)41-24-25-11-8-7-9-12-25/h7-14,28,34H,15-24H2,1-6H3. The molecular weight excluding hydrogens is 548 g/mol. The Balaban J connectivity index is 1.67. The Morgan fingerprint density at radius 1 is 0.860 bits per heavy atom. The van der Waals surface area contributed by atoms with Gasteiger partial charge in [0.1, 0.15) is 29.5 Å². The molecule has 10 heteroatoms. The monoisotopic (exact) mass is 596 g/mol. The minimum Gasteiger partial charge on any atom is -0.461 e. The fraction of sp³-hybridized carbons (Fsp3) is 0.576. The first kappa shape index (κ1) is 34.2. The lowest BCUT2D eigenvalue weighted by Gasteiger charge is -2.33. The smallest absolute Gasteiger partial charge is 0.357 e. The third kappa shape index (κ3) is 12.8. The van der Waals surface area contributed by atoms with Crippen LogP contribution in [0.5, 0.6) is 0 Å². The van der Waals surface area contributed by atoms with Gasteiger partial charge in [-0.2, -0.15) is 0 Å². The first-order valence-electron chi connectivity index (χ1n) is 15.1. The number of carbonyl (C=O) groups is 3. The van der Waals surface area contributed by atoms with Crippen molar-refractivity contribution in [3.63, 3.8) is 0 Å². The van der Waals surface area contributed by atoms with Crippen molar-refractivity contribution in [1.82, 2.24) is 20.1 Å². The molecular formula is C33H48N4O6. The molecule has 236 valence electrons. The van der Waals surface area contributed by atoms with E-state index in [-0.39, 0.29) is 30.7 Å². The minimum absolute atomic E-state index is 0.103. The van der Waals surface area contributed by atoms with Crippen LogP contribution in [0.25, 0.3) is 0 Å². The van der Waals surface area contributed by atoms with Crippen LogP contribution in [0.3, 0.4) is 0 Å². The number of carbonyl (C=O) groups excluding carboxylic acids is 3. The van der Waals surface area contributed by atoms with Crippen molar-refractivity contribution >= 4 is 17.9 Å². The topological polar surface area (TPSA) is 110 Å². The average Bonchev–Trinajstić information content (AvgIpc) is 3.03. The lowest BCUT2D eigenvalue weighted by molar-refractivity contribution is -0.162. The SMILES string of the molecule is CC(C)(C)OC(=O)c1cccc(CN2CCNCCN(C(CCC(=O)OCc3ccccc3)C(=O)OC(C)(C)C)CC2)n1. The zero-order valence-corrected chi connectivity index (χ0v) is 26.6. The van der Waals surface area contributed by atoms with Gasteiger partial charge in [0.05, 0.1) is 5.69 Å². The molecule has 0 spiro atoms. The van der Waals surface area contributed by atoms with Gasteiger partial charge in [-0.05, 0) is 65.7 Å². The molecule has 10 nitrogen and oxygen atoms in total. The van der Waals surface area contributed by atoms with Crippen molar-refractivity contribution in [2.45, 2.75) is 84.8 Å². The van der Waals surface area contributed by atoms with Crippen molar-refractivity contribution < 1.29 is 28.6 Å². The van der Waals surface area contributed by atoms with Crippen LogP contribution in [0.4, 0.5) is 0 Å². The molecule has 1 saturated heterocycles. The van der Waals surface area contributed by atoms with E-state index < -0.39 is 23.2 Å². The fourth-order valence-corrected chi connectivity index (χ4v) is 4.67. The number of pyridine rings is 1. The molecule has 0 radical (unpaired) electrons. The zero-order chi connectivity index (χ0) is 31.5. The number of hydrogen-bond donors (Lipinski definition) is 1. The molecule has 1 aliphatic rings. The van der Waals surface area contributed by atoms with Crippen LogP contribution in [0.1, 0.15) is 76.1 Å². The normalized spacial score (nSPS) is 16.3. The van der Waals surface area contributed by atoms with Crippen LogP contribution < -0.4 is 5.32 Å². The van der Waals surface area contributed by atoms with E-state index in [2.05, 4.69) is 20.1 Å². The number of esters is 3. The summed E-state index contributed by atoms with van der Waals surface area (Å²) in [6, 6.07) is 14.3. The van der Waals surface area contributed by atoms with Gasteiger partial charge in [-0.1, -0.05) is 36.4 Å². The molecule has 1 atom stereocenters. The van der Waals surface area contributed by atoms with Crippen molar-refractivity contribution in [2.75, 3.05) is 39.3 Å². The second kappa shape index (κ2) is 15.9. The third-order valence-corrected chi connectivity index (χ3v) is 6.67. The molecule has 1 aromatic carbocycles. The summed E-state index contributed by atoms with van der Waals surface area (Å²) in [5.74, 6) is -1.15. The van der Waals surface area contributed by atoms with Gasteiger partial charge in [0.25, 0.3) is 0 Å². The van der Waals surface area contributed by atoms with Crippen LogP contribution in [0, 0.1) is 0 Å². The number of ether oxygens (including phenoxy) is 3. The number of benzene rings is 1. The van der Waals surface area contributed by atoms with Gasteiger partial charge < -0.3 is 19.5 Å². The van der Waals surface area contributed by atoms with E-state index in [4.69, 9.17) is 14.2 Å². The summed E-state index contributed by atoms with van der Waals surface area (Å²) >= 11 is 0. The van der Waals surface area contributed by atoms with Gasteiger partial charge >= 0.3 is 17.9 Å². The quantitative estimate of drug-likeness (QED) is 0.320. The lowest BCUT2D eigenvalue weighted by Crippen LogP contribution is -2.48. The summed E-state index contributed by atoms with van der Waals surface area (Å²) in [5.41, 5.74) is 0.697. The Morgan fingerprint density at radius 3 is 2.26 bits per heavy atom. The second-order valence-corrected chi connectivity index (χ2v) is 12.8. The van der Waals surface area contributed by atoms with Gasteiger partial charge in [0.2, 0.25) is 0 Å². The maximum atomic E-state index is 13.4. The summed E-state index contributed by atoms with van der Waals surface area (Å²) in [6.07, 6.45) is 0.397. The number of rotatable bonds is 10. The van der Waals surface area contributed by atoms with Crippen LogP contribution in [0.15, 0.2) is 48.5 Å². The Morgan fingerprint density at radius 2 is 1.56 bits per heavy atom. The van der Waals surface area contributed by atoms with Crippen molar-refractivity contribution in [3.05, 3.63) is 65.5 Å². The van der Waals surface area contributed by atoms with E-state index in [1.165, 1.54) is 0 Å². The highest BCUT2D eigenvalue weighted by Crippen LogP contribution is 2.17.